The molecular formula is C18H26N2O4. The summed E-state index contributed by atoms with van der Waals surface area (Å²) >= 11 is 0. The Morgan fingerprint density at radius 1 is 1.21 bits per heavy atom. The van der Waals surface area contributed by atoms with Crippen molar-refractivity contribution in [1.82, 2.24) is 5.32 Å². The highest BCUT2D eigenvalue weighted by Gasteiger charge is 2.36. The summed E-state index contributed by atoms with van der Waals surface area (Å²) in [4.78, 5) is 26.3. The van der Waals surface area contributed by atoms with E-state index in [9.17, 15) is 9.59 Å². The third-order valence-corrected chi connectivity index (χ3v) is 4.54. The molecule has 0 saturated carbocycles. The van der Waals surface area contributed by atoms with Crippen LogP contribution in [0.25, 0.3) is 0 Å². The molecule has 6 nitrogen and oxygen atoms in total. The normalized spacial score (nSPS) is 18.7. The van der Waals surface area contributed by atoms with Crippen LogP contribution < -0.4 is 19.7 Å². The first kappa shape index (κ1) is 18.1. The number of ether oxygens (including phenoxy) is 2. The molecule has 0 spiro atoms. The van der Waals surface area contributed by atoms with Gasteiger partial charge < -0.3 is 19.7 Å². The second kappa shape index (κ2) is 7.55. The second-order valence-corrected chi connectivity index (χ2v) is 6.49. The lowest BCUT2D eigenvalue weighted by Gasteiger charge is -2.21. The fourth-order valence-electron chi connectivity index (χ4n) is 2.63. The van der Waals surface area contributed by atoms with Gasteiger partial charge in [0.05, 0.1) is 20.1 Å². The van der Waals surface area contributed by atoms with Gasteiger partial charge in [0.15, 0.2) is 11.5 Å². The maximum absolute atomic E-state index is 12.4. The topological polar surface area (TPSA) is 67.9 Å². The van der Waals surface area contributed by atoms with Gasteiger partial charge in [0.25, 0.3) is 0 Å². The molecule has 1 saturated heterocycles. The molecule has 1 fully saturated rings. The van der Waals surface area contributed by atoms with E-state index in [1.165, 1.54) is 0 Å². The zero-order valence-corrected chi connectivity index (χ0v) is 15.0. The summed E-state index contributed by atoms with van der Waals surface area (Å²) in [7, 11) is 3.12. The average Bonchev–Trinajstić information content (AvgIpc) is 2.95. The third kappa shape index (κ3) is 3.80. The predicted molar refractivity (Wildman–Crippen MR) is 92.4 cm³/mol. The van der Waals surface area contributed by atoms with E-state index in [0.29, 0.717) is 29.6 Å². The standard InChI is InChI=1S/C18H26N2O4/c1-11(2)12(3)19-18(22)13-8-17(21)20(10-13)14-6-7-15(23-4)16(9-14)24-5/h6-7,9,11-13H,8,10H2,1-5H3,(H,19,22). The third-order valence-electron chi connectivity index (χ3n) is 4.54. The van der Waals surface area contributed by atoms with Crippen LogP contribution in [0.15, 0.2) is 18.2 Å². The molecule has 2 unspecified atom stereocenters. The van der Waals surface area contributed by atoms with E-state index in [-0.39, 0.29) is 30.2 Å². The lowest BCUT2D eigenvalue weighted by molar-refractivity contribution is -0.127. The van der Waals surface area contributed by atoms with Crippen LogP contribution in [0.5, 0.6) is 11.5 Å². The van der Waals surface area contributed by atoms with E-state index < -0.39 is 0 Å². The van der Waals surface area contributed by atoms with Crippen molar-refractivity contribution in [3.05, 3.63) is 18.2 Å². The summed E-state index contributed by atoms with van der Waals surface area (Å²) in [6.45, 7) is 6.47. The fraction of sp³-hybridized carbons (Fsp3) is 0.556. The van der Waals surface area contributed by atoms with Gasteiger partial charge in [-0.25, -0.2) is 0 Å². The van der Waals surface area contributed by atoms with Crippen LogP contribution >= 0.6 is 0 Å². The highest BCUT2D eigenvalue weighted by atomic mass is 16.5. The van der Waals surface area contributed by atoms with Gasteiger partial charge in [-0.3, -0.25) is 9.59 Å². The highest BCUT2D eigenvalue weighted by Crippen LogP contribution is 2.34. The van der Waals surface area contributed by atoms with E-state index in [2.05, 4.69) is 19.2 Å². The minimum absolute atomic E-state index is 0.0560. The number of carbonyl (C=O) groups excluding carboxylic acids is 2. The molecule has 1 aliphatic heterocycles. The van der Waals surface area contributed by atoms with E-state index in [4.69, 9.17) is 9.47 Å². The molecule has 1 aliphatic rings. The van der Waals surface area contributed by atoms with Crippen molar-refractivity contribution in [2.24, 2.45) is 11.8 Å². The number of nitrogens with one attached hydrogen (secondary N) is 1. The van der Waals surface area contributed by atoms with Gasteiger partial charge >= 0.3 is 0 Å². The number of rotatable bonds is 6. The maximum Gasteiger partial charge on any atom is 0.227 e. The zero-order chi connectivity index (χ0) is 17.9. The zero-order valence-electron chi connectivity index (χ0n) is 15.0. The first-order valence-corrected chi connectivity index (χ1v) is 8.20. The molecule has 1 N–H and O–H groups in total. The number of methoxy groups -OCH3 is 2. The molecule has 2 amide bonds. The Morgan fingerprint density at radius 3 is 2.46 bits per heavy atom. The maximum atomic E-state index is 12.4. The van der Waals surface area contributed by atoms with Crippen LogP contribution in [0.2, 0.25) is 0 Å². The Hall–Kier alpha value is -2.24. The molecule has 1 aromatic carbocycles. The molecule has 0 radical (unpaired) electrons. The molecule has 0 aromatic heterocycles. The Bertz CT molecular complexity index is 615. The Kier molecular flexibility index (Phi) is 5.70. The summed E-state index contributed by atoms with van der Waals surface area (Å²) < 4.78 is 10.5. The molecule has 24 heavy (non-hydrogen) atoms. The summed E-state index contributed by atoms with van der Waals surface area (Å²) in [5.74, 6) is 1.07. The van der Waals surface area contributed by atoms with Crippen LogP contribution in [0.3, 0.4) is 0 Å². The van der Waals surface area contributed by atoms with Crippen molar-refractivity contribution >= 4 is 17.5 Å². The summed E-state index contributed by atoms with van der Waals surface area (Å²) in [5.41, 5.74) is 0.713. The van der Waals surface area contributed by atoms with Crippen molar-refractivity contribution in [2.75, 3.05) is 25.7 Å². The Labute approximate surface area is 143 Å². The quantitative estimate of drug-likeness (QED) is 0.866. The average molecular weight is 334 g/mol. The molecule has 132 valence electrons. The smallest absolute Gasteiger partial charge is 0.227 e. The first-order chi connectivity index (χ1) is 11.4. The monoisotopic (exact) mass is 334 g/mol. The van der Waals surface area contributed by atoms with E-state index in [0.717, 1.165) is 0 Å². The van der Waals surface area contributed by atoms with E-state index >= 15 is 0 Å². The van der Waals surface area contributed by atoms with Crippen molar-refractivity contribution < 1.29 is 19.1 Å². The lowest BCUT2D eigenvalue weighted by Crippen LogP contribution is -2.40. The Balaban J connectivity index is 2.11. The van der Waals surface area contributed by atoms with Crippen LogP contribution in [-0.4, -0.2) is 38.6 Å². The minimum Gasteiger partial charge on any atom is -0.493 e. The van der Waals surface area contributed by atoms with Crippen LogP contribution in [-0.2, 0) is 9.59 Å². The van der Waals surface area contributed by atoms with Gasteiger partial charge in [-0.2, -0.15) is 0 Å². The highest BCUT2D eigenvalue weighted by molar-refractivity contribution is 6.00. The molecule has 1 heterocycles. The van der Waals surface area contributed by atoms with Gasteiger partial charge in [-0.05, 0) is 25.0 Å². The number of amides is 2. The van der Waals surface area contributed by atoms with Gasteiger partial charge in [-0.15, -0.1) is 0 Å². The van der Waals surface area contributed by atoms with E-state index in [1.807, 2.05) is 6.92 Å². The fourth-order valence-corrected chi connectivity index (χ4v) is 2.63. The Morgan fingerprint density at radius 2 is 1.88 bits per heavy atom. The molecule has 0 bridgehead atoms. The minimum atomic E-state index is -0.327. The van der Waals surface area contributed by atoms with Gasteiger partial charge in [-0.1, -0.05) is 13.8 Å². The molecule has 1 aromatic rings. The molecular weight excluding hydrogens is 308 g/mol. The van der Waals surface area contributed by atoms with Gasteiger partial charge in [0.1, 0.15) is 0 Å². The molecule has 6 heteroatoms. The number of carbonyl (C=O) groups is 2. The largest absolute Gasteiger partial charge is 0.493 e. The molecule has 2 atom stereocenters. The van der Waals surface area contributed by atoms with Gasteiger partial charge in [0.2, 0.25) is 11.8 Å². The van der Waals surface area contributed by atoms with Crippen LogP contribution in [0.1, 0.15) is 27.2 Å². The number of anilines is 1. The van der Waals surface area contributed by atoms with Crippen molar-refractivity contribution in [3.8, 4) is 11.5 Å². The summed E-state index contributed by atoms with van der Waals surface area (Å²) in [6, 6.07) is 5.41. The lowest BCUT2D eigenvalue weighted by atomic mass is 10.0. The van der Waals surface area contributed by atoms with Crippen LogP contribution in [0, 0.1) is 11.8 Å². The van der Waals surface area contributed by atoms with Crippen molar-refractivity contribution in [2.45, 2.75) is 33.2 Å². The second-order valence-electron chi connectivity index (χ2n) is 6.49. The molecule has 0 aliphatic carbocycles. The number of benzene rings is 1. The summed E-state index contributed by atoms with van der Waals surface area (Å²) in [6.07, 6.45) is 0.227. The predicted octanol–water partition coefficient (Wildman–Crippen LogP) is 2.22. The van der Waals surface area contributed by atoms with Crippen molar-refractivity contribution in [3.63, 3.8) is 0 Å². The SMILES string of the molecule is COc1ccc(N2CC(C(=O)NC(C)C(C)C)CC2=O)cc1OC. The molecule has 2 rings (SSSR count). The number of hydrogen-bond donors (Lipinski definition) is 1. The first-order valence-electron chi connectivity index (χ1n) is 8.20. The number of hydrogen-bond acceptors (Lipinski definition) is 4. The van der Waals surface area contributed by atoms with Crippen LogP contribution in [0.4, 0.5) is 5.69 Å². The number of nitrogens with zero attached hydrogens (tertiary/aromatic N) is 1. The van der Waals surface area contributed by atoms with Crippen molar-refractivity contribution in [1.29, 1.82) is 0 Å². The van der Waals surface area contributed by atoms with E-state index in [1.54, 1.807) is 37.3 Å². The summed E-state index contributed by atoms with van der Waals surface area (Å²) in [5, 5.41) is 2.99. The van der Waals surface area contributed by atoms with Gasteiger partial charge in [0, 0.05) is 30.8 Å².